The summed E-state index contributed by atoms with van der Waals surface area (Å²) in [5.74, 6) is 0.666. The fourth-order valence-corrected chi connectivity index (χ4v) is 2.49. The summed E-state index contributed by atoms with van der Waals surface area (Å²) in [6.07, 6.45) is 3.52. The van der Waals surface area contributed by atoms with Gasteiger partial charge in [0.25, 0.3) is 10.0 Å². The van der Waals surface area contributed by atoms with Crippen LogP contribution in [0.3, 0.4) is 0 Å². The lowest BCUT2D eigenvalue weighted by Gasteiger charge is -2.05. The monoisotopic (exact) mass is 279 g/mol. The van der Waals surface area contributed by atoms with Crippen LogP contribution >= 0.6 is 11.6 Å². The number of hydrogen-bond acceptors (Lipinski definition) is 3. The van der Waals surface area contributed by atoms with E-state index in [0.717, 1.165) is 12.8 Å². The molecule has 1 heterocycles. The Kier molecular flexibility index (Phi) is 5.42. The van der Waals surface area contributed by atoms with Gasteiger partial charge in [-0.05, 0) is 19.8 Å². The van der Waals surface area contributed by atoms with E-state index in [1.165, 1.54) is 6.20 Å². The average molecular weight is 280 g/mol. The molecule has 1 rings (SSSR count). The SMILES string of the molecule is CCc1ncc(S(=O)(=O)NCCCC(C)Cl)[nH]1. The fourth-order valence-electron chi connectivity index (χ4n) is 1.33. The Morgan fingerprint density at radius 3 is 2.82 bits per heavy atom. The molecule has 2 N–H and O–H groups in total. The molecular formula is C10H18ClN3O2S. The van der Waals surface area contributed by atoms with E-state index in [1.807, 2.05) is 13.8 Å². The van der Waals surface area contributed by atoms with Gasteiger partial charge in [-0.1, -0.05) is 6.92 Å². The first-order valence-corrected chi connectivity index (χ1v) is 7.55. The largest absolute Gasteiger partial charge is 0.332 e. The predicted molar refractivity (Wildman–Crippen MR) is 67.7 cm³/mol. The molecule has 1 aromatic heterocycles. The number of aryl methyl sites for hydroxylation is 1. The maximum atomic E-state index is 11.8. The molecule has 1 aromatic rings. The highest BCUT2D eigenvalue weighted by molar-refractivity contribution is 7.89. The van der Waals surface area contributed by atoms with Crippen LogP contribution in [0.4, 0.5) is 0 Å². The molecule has 0 fully saturated rings. The summed E-state index contributed by atoms with van der Waals surface area (Å²) in [5, 5.41) is 0.187. The van der Waals surface area contributed by atoms with Crippen LogP contribution in [0.15, 0.2) is 11.2 Å². The number of aromatic nitrogens is 2. The van der Waals surface area contributed by atoms with Gasteiger partial charge in [-0.2, -0.15) is 0 Å². The maximum Gasteiger partial charge on any atom is 0.257 e. The smallest absolute Gasteiger partial charge is 0.257 e. The first-order chi connectivity index (χ1) is 7.95. The van der Waals surface area contributed by atoms with Crippen molar-refractivity contribution >= 4 is 21.6 Å². The molecule has 17 heavy (non-hydrogen) atoms. The van der Waals surface area contributed by atoms with Crippen LogP contribution in [0.25, 0.3) is 0 Å². The van der Waals surface area contributed by atoms with Crippen LogP contribution in [0.1, 0.15) is 32.5 Å². The molecule has 0 amide bonds. The van der Waals surface area contributed by atoms with Crippen molar-refractivity contribution < 1.29 is 8.42 Å². The summed E-state index contributed by atoms with van der Waals surface area (Å²) < 4.78 is 26.1. The van der Waals surface area contributed by atoms with Gasteiger partial charge in [0.05, 0.1) is 6.20 Å². The second-order valence-electron chi connectivity index (χ2n) is 3.87. The van der Waals surface area contributed by atoms with Crippen molar-refractivity contribution in [3.63, 3.8) is 0 Å². The van der Waals surface area contributed by atoms with Crippen molar-refractivity contribution in [1.29, 1.82) is 0 Å². The highest BCUT2D eigenvalue weighted by Gasteiger charge is 2.15. The number of nitrogens with zero attached hydrogens (tertiary/aromatic N) is 1. The summed E-state index contributed by atoms with van der Waals surface area (Å²) in [7, 11) is -3.46. The van der Waals surface area contributed by atoms with Crippen LogP contribution in [-0.4, -0.2) is 30.3 Å². The number of H-pyrrole nitrogens is 1. The van der Waals surface area contributed by atoms with Gasteiger partial charge < -0.3 is 4.98 Å². The standard InChI is InChI=1S/C10H18ClN3O2S/c1-3-9-12-7-10(14-9)17(15,16)13-6-4-5-8(2)11/h7-8,13H,3-6H2,1-2H3,(H,12,14). The Morgan fingerprint density at radius 1 is 1.59 bits per heavy atom. The Morgan fingerprint density at radius 2 is 2.29 bits per heavy atom. The molecule has 0 aliphatic heterocycles. The van der Waals surface area contributed by atoms with E-state index < -0.39 is 10.0 Å². The number of halogens is 1. The van der Waals surface area contributed by atoms with Gasteiger partial charge in [-0.25, -0.2) is 18.1 Å². The van der Waals surface area contributed by atoms with E-state index >= 15 is 0 Å². The van der Waals surface area contributed by atoms with E-state index in [9.17, 15) is 8.42 Å². The normalized spacial score (nSPS) is 13.8. The molecule has 0 aromatic carbocycles. The van der Waals surface area contributed by atoms with E-state index in [-0.39, 0.29) is 10.4 Å². The lowest BCUT2D eigenvalue weighted by Crippen LogP contribution is -2.25. The number of nitrogens with one attached hydrogen (secondary N) is 2. The molecule has 0 saturated carbocycles. The number of alkyl halides is 1. The van der Waals surface area contributed by atoms with Gasteiger partial charge in [-0.3, -0.25) is 0 Å². The zero-order valence-corrected chi connectivity index (χ0v) is 11.6. The lowest BCUT2D eigenvalue weighted by atomic mass is 10.2. The number of hydrogen-bond donors (Lipinski definition) is 2. The van der Waals surface area contributed by atoms with Gasteiger partial charge in [0.2, 0.25) is 0 Å². The zero-order valence-electron chi connectivity index (χ0n) is 10.0. The third kappa shape index (κ3) is 4.65. The molecule has 98 valence electrons. The topological polar surface area (TPSA) is 74.8 Å². The van der Waals surface area contributed by atoms with Crippen molar-refractivity contribution in [3.05, 3.63) is 12.0 Å². The van der Waals surface area contributed by atoms with Crippen molar-refractivity contribution in [2.45, 2.75) is 43.5 Å². The second-order valence-corrected chi connectivity index (χ2v) is 6.35. The predicted octanol–water partition coefficient (Wildman–Crippen LogP) is 1.66. The lowest BCUT2D eigenvalue weighted by molar-refractivity contribution is 0.573. The fraction of sp³-hybridized carbons (Fsp3) is 0.700. The number of imidazole rings is 1. The van der Waals surface area contributed by atoms with Gasteiger partial charge in [0.1, 0.15) is 5.82 Å². The van der Waals surface area contributed by atoms with E-state index in [4.69, 9.17) is 11.6 Å². The molecule has 0 aliphatic rings. The van der Waals surface area contributed by atoms with Crippen LogP contribution in [0.5, 0.6) is 0 Å². The van der Waals surface area contributed by atoms with Crippen molar-refractivity contribution in [1.82, 2.24) is 14.7 Å². The maximum absolute atomic E-state index is 11.8. The summed E-state index contributed by atoms with van der Waals surface area (Å²) >= 11 is 5.77. The quantitative estimate of drug-likeness (QED) is 0.589. The first kappa shape index (κ1) is 14.5. The Hall–Kier alpha value is -0.590. The Bertz CT molecular complexity index is 442. The van der Waals surface area contributed by atoms with Crippen LogP contribution in [0, 0.1) is 0 Å². The Balaban J connectivity index is 2.51. The molecule has 0 spiro atoms. The van der Waals surface area contributed by atoms with E-state index in [1.54, 1.807) is 0 Å². The van der Waals surface area contributed by atoms with Gasteiger partial charge in [0, 0.05) is 18.3 Å². The number of sulfonamides is 1. The molecule has 1 unspecified atom stereocenters. The molecular weight excluding hydrogens is 262 g/mol. The van der Waals surface area contributed by atoms with Crippen molar-refractivity contribution in [2.75, 3.05) is 6.54 Å². The van der Waals surface area contributed by atoms with Crippen molar-refractivity contribution in [3.8, 4) is 0 Å². The molecule has 0 bridgehead atoms. The minimum atomic E-state index is -3.46. The molecule has 1 atom stereocenters. The zero-order chi connectivity index (χ0) is 12.9. The van der Waals surface area contributed by atoms with Gasteiger partial charge in [0.15, 0.2) is 5.03 Å². The minimum absolute atomic E-state index is 0.0679. The van der Waals surface area contributed by atoms with Gasteiger partial charge >= 0.3 is 0 Å². The van der Waals surface area contributed by atoms with E-state index in [0.29, 0.717) is 18.8 Å². The second kappa shape index (κ2) is 6.37. The highest BCUT2D eigenvalue weighted by Crippen LogP contribution is 2.07. The van der Waals surface area contributed by atoms with E-state index in [2.05, 4.69) is 14.7 Å². The minimum Gasteiger partial charge on any atom is -0.332 e. The third-order valence-corrected chi connectivity index (χ3v) is 3.89. The molecule has 5 nitrogen and oxygen atoms in total. The first-order valence-electron chi connectivity index (χ1n) is 5.63. The average Bonchev–Trinajstić information content (AvgIpc) is 2.73. The molecule has 0 aliphatic carbocycles. The van der Waals surface area contributed by atoms with Gasteiger partial charge in [-0.15, -0.1) is 11.6 Å². The summed E-state index contributed by atoms with van der Waals surface area (Å²) in [5.41, 5.74) is 0. The summed E-state index contributed by atoms with van der Waals surface area (Å²) in [6.45, 7) is 4.18. The summed E-state index contributed by atoms with van der Waals surface area (Å²) in [4.78, 5) is 6.73. The molecule has 0 saturated heterocycles. The van der Waals surface area contributed by atoms with Crippen LogP contribution in [-0.2, 0) is 16.4 Å². The third-order valence-electron chi connectivity index (χ3n) is 2.30. The number of rotatable bonds is 7. The molecule has 7 heteroatoms. The van der Waals surface area contributed by atoms with Crippen LogP contribution < -0.4 is 4.72 Å². The van der Waals surface area contributed by atoms with Crippen molar-refractivity contribution in [2.24, 2.45) is 0 Å². The highest BCUT2D eigenvalue weighted by atomic mass is 35.5. The number of aromatic amines is 1. The Labute approximate surface area is 107 Å². The molecule has 0 radical (unpaired) electrons. The van der Waals surface area contributed by atoms with Crippen LogP contribution in [0.2, 0.25) is 0 Å². The summed E-state index contributed by atoms with van der Waals surface area (Å²) in [6, 6.07) is 0.